The highest BCUT2D eigenvalue weighted by Crippen LogP contribution is 2.26. The topological polar surface area (TPSA) is 32.5 Å². The molecule has 0 amide bonds. The number of rotatable bonds is 7. The maximum atomic E-state index is 5.62. The van der Waals surface area contributed by atoms with Crippen molar-refractivity contribution >= 4 is 0 Å². The van der Waals surface area contributed by atoms with E-state index >= 15 is 0 Å². The summed E-state index contributed by atoms with van der Waals surface area (Å²) in [6, 6.07) is 0. The van der Waals surface area contributed by atoms with Gasteiger partial charge in [0.15, 0.2) is 0 Å². The van der Waals surface area contributed by atoms with E-state index in [1.54, 1.807) is 0 Å². The van der Waals surface area contributed by atoms with Crippen LogP contribution in [0.2, 0.25) is 0 Å². The molecule has 1 rings (SSSR count). The van der Waals surface area contributed by atoms with E-state index in [4.69, 9.17) is 5.73 Å². The lowest BCUT2D eigenvalue weighted by molar-refractivity contribution is 0.0337. The Bertz CT molecular complexity index is 200. The summed E-state index contributed by atoms with van der Waals surface area (Å²) in [5.41, 5.74) is 6.04. The first-order chi connectivity index (χ1) is 8.16. The van der Waals surface area contributed by atoms with E-state index < -0.39 is 0 Å². The third kappa shape index (κ3) is 4.23. The molecule has 1 aliphatic heterocycles. The monoisotopic (exact) mass is 241 g/mol. The zero-order valence-corrected chi connectivity index (χ0v) is 12.0. The molecule has 1 saturated heterocycles. The molecule has 0 saturated carbocycles. The molecule has 0 aliphatic carbocycles. The average molecular weight is 241 g/mol. The van der Waals surface area contributed by atoms with E-state index in [2.05, 4.69) is 30.6 Å². The predicted octanol–water partition coefficient (Wildman–Crippen LogP) is 1.92. The van der Waals surface area contributed by atoms with Crippen molar-refractivity contribution in [2.45, 2.75) is 52.0 Å². The van der Waals surface area contributed by atoms with Crippen molar-refractivity contribution < 1.29 is 0 Å². The van der Waals surface area contributed by atoms with Gasteiger partial charge in [0.05, 0.1) is 0 Å². The second-order valence-corrected chi connectivity index (χ2v) is 5.57. The summed E-state index contributed by atoms with van der Waals surface area (Å²) in [5.74, 6) is 0. The van der Waals surface area contributed by atoms with Crippen LogP contribution < -0.4 is 5.73 Å². The van der Waals surface area contributed by atoms with Gasteiger partial charge in [0.2, 0.25) is 0 Å². The molecule has 102 valence electrons. The molecule has 1 atom stereocenters. The van der Waals surface area contributed by atoms with Crippen LogP contribution in [-0.2, 0) is 0 Å². The van der Waals surface area contributed by atoms with Crippen LogP contribution in [0.1, 0.15) is 46.5 Å². The van der Waals surface area contributed by atoms with Crippen molar-refractivity contribution in [2.75, 3.05) is 39.3 Å². The SMILES string of the molecule is CCCCC(C)(CC)N1CCN(CCN)CC1. The lowest BCUT2D eigenvalue weighted by atomic mass is 9.89. The summed E-state index contributed by atoms with van der Waals surface area (Å²) in [7, 11) is 0. The Labute approximate surface area is 107 Å². The zero-order chi connectivity index (χ0) is 12.7. The highest BCUT2D eigenvalue weighted by molar-refractivity contribution is 4.88. The Balaban J connectivity index is 2.43. The van der Waals surface area contributed by atoms with Gasteiger partial charge in [-0.05, 0) is 19.8 Å². The molecule has 1 unspecified atom stereocenters. The quantitative estimate of drug-likeness (QED) is 0.739. The van der Waals surface area contributed by atoms with Crippen LogP contribution in [0.5, 0.6) is 0 Å². The molecule has 0 radical (unpaired) electrons. The zero-order valence-electron chi connectivity index (χ0n) is 12.0. The number of unbranched alkanes of at least 4 members (excludes halogenated alkanes) is 1. The molecule has 0 aromatic carbocycles. The summed E-state index contributed by atoms with van der Waals surface area (Å²) < 4.78 is 0. The van der Waals surface area contributed by atoms with Crippen molar-refractivity contribution in [1.29, 1.82) is 0 Å². The van der Waals surface area contributed by atoms with Crippen molar-refractivity contribution in [3.8, 4) is 0 Å². The van der Waals surface area contributed by atoms with Gasteiger partial charge in [-0.1, -0.05) is 26.7 Å². The van der Waals surface area contributed by atoms with Gasteiger partial charge in [0.1, 0.15) is 0 Å². The number of hydrogen-bond donors (Lipinski definition) is 1. The molecule has 1 heterocycles. The molecule has 0 spiro atoms. The maximum Gasteiger partial charge on any atom is 0.0179 e. The van der Waals surface area contributed by atoms with E-state index in [0.717, 1.165) is 13.1 Å². The van der Waals surface area contributed by atoms with E-state index in [0.29, 0.717) is 5.54 Å². The fourth-order valence-corrected chi connectivity index (χ4v) is 2.81. The van der Waals surface area contributed by atoms with Gasteiger partial charge in [-0.25, -0.2) is 0 Å². The molecule has 0 aromatic heterocycles. The number of hydrogen-bond acceptors (Lipinski definition) is 3. The van der Waals surface area contributed by atoms with E-state index in [-0.39, 0.29) is 0 Å². The standard InChI is InChI=1S/C14H31N3/c1-4-6-7-14(3,5-2)17-12-10-16(9-8-15)11-13-17/h4-13,15H2,1-3H3. The summed E-state index contributed by atoms with van der Waals surface area (Å²) in [6.07, 6.45) is 5.27. The number of nitrogens with zero attached hydrogens (tertiary/aromatic N) is 2. The van der Waals surface area contributed by atoms with E-state index in [9.17, 15) is 0 Å². The van der Waals surface area contributed by atoms with Gasteiger partial charge in [-0.3, -0.25) is 9.80 Å². The van der Waals surface area contributed by atoms with Gasteiger partial charge < -0.3 is 5.73 Å². The maximum absolute atomic E-state index is 5.62. The van der Waals surface area contributed by atoms with Crippen molar-refractivity contribution in [3.05, 3.63) is 0 Å². The van der Waals surface area contributed by atoms with Crippen LogP contribution in [0.15, 0.2) is 0 Å². The lowest BCUT2D eigenvalue weighted by Crippen LogP contribution is -2.56. The first-order valence-corrected chi connectivity index (χ1v) is 7.33. The normalized spacial score (nSPS) is 22.6. The Hall–Kier alpha value is -0.120. The minimum Gasteiger partial charge on any atom is -0.329 e. The van der Waals surface area contributed by atoms with Crippen LogP contribution >= 0.6 is 0 Å². The third-order valence-electron chi connectivity index (χ3n) is 4.41. The number of nitrogens with two attached hydrogens (primary N) is 1. The molecular formula is C14H31N3. The minimum atomic E-state index is 0.421. The smallest absolute Gasteiger partial charge is 0.0179 e. The molecule has 3 nitrogen and oxygen atoms in total. The lowest BCUT2D eigenvalue weighted by Gasteiger charge is -2.46. The van der Waals surface area contributed by atoms with Gasteiger partial charge >= 0.3 is 0 Å². The largest absolute Gasteiger partial charge is 0.329 e. The summed E-state index contributed by atoms with van der Waals surface area (Å²) in [4.78, 5) is 5.20. The van der Waals surface area contributed by atoms with Crippen LogP contribution in [0.3, 0.4) is 0 Å². The minimum absolute atomic E-state index is 0.421. The molecule has 17 heavy (non-hydrogen) atoms. The summed E-state index contributed by atoms with van der Waals surface area (Å²) in [5, 5.41) is 0. The highest BCUT2D eigenvalue weighted by atomic mass is 15.3. The van der Waals surface area contributed by atoms with E-state index in [1.807, 2.05) is 0 Å². The fraction of sp³-hybridized carbons (Fsp3) is 1.00. The molecule has 3 heteroatoms. The summed E-state index contributed by atoms with van der Waals surface area (Å²) >= 11 is 0. The van der Waals surface area contributed by atoms with Gasteiger partial charge in [-0.15, -0.1) is 0 Å². The Kier molecular flexibility index (Phi) is 6.45. The van der Waals surface area contributed by atoms with Crippen LogP contribution in [0.25, 0.3) is 0 Å². The van der Waals surface area contributed by atoms with Crippen LogP contribution in [0.4, 0.5) is 0 Å². The molecule has 1 fully saturated rings. The Morgan fingerprint density at radius 2 is 1.76 bits per heavy atom. The Morgan fingerprint density at radius 3 is 2.24 bits per heavy atom. The fourth-order valence-electron chi connectivity index (χ4n) is 2.81. The van der Waals surface area contributed by atoms with Crippen molar-refractivity contribution in [3.63, 3.8) is 0 Å². The van der Waals surface area contributed by atoms with Gasteiger partial charge in [0.25, 0.3) is 0 Å². The first-order valence-electron chi connectivity index (χ1n) is 7.33. The molecule has 2 N–H and O–H groups in total. The Morgan fingerprint density at radius 1 is 1.12 bits per heavy atom. The second-order valence-electron chi connectivity index (χ2n) is 5.57. The molecular weight excluding hydrogens is 210 g/mol. The molecule has 1 aliphatic rings. The second kappa shape index (κ2) is 7.34. The first kappa shape index (κ1) is 14.9. The van der Waals surface area contributed by atoms with Crippen molar-refractivity contribution in [1.82, 2.24) is 9.80 Å². The van der Waals surface area contributed by atoms with Gasteiger partial charge in [-0.2, -0.15) is 0 Å². The number of piperazine rings is 1. The predicted molar refractivity (Wildman–Crippen MR) is 75.3 cm³/mol. The van der Waals surface area contributed by atoms with Crippen molar-refractivity contribution in [2.24, 2.45) is 5.73 Å². The average Bonchev–Trinajstić information content (AvgIpc) is 2.37. The van der Waals surface area contributed by atoms with E-state index in [1.165, 1.54) is 51.9 Å². The third-order valence-corrected chi connectivity index (χ3v) is 4.41. The summed E-state index contributed by atoms with van der Waals surface area (Å²) in [6.45, 7) is 13.7. The van der Waals surface area contributed by atoms with Gasteiger partial charge in [0, 0.05) is 44.8 Å². The molecule has 0 bridgehead atoms. The van der Waals surface area contributed by atoms with Crippen LogP contribution in [-0.4, -0.2) is 54.6 Å². The van der Waals surface area contributed by atoms with Crippen LogP contribution in [0, 0.1) is 0 Å². The highest BCUT2D eigenvalue weighted by Gasteiger charge is 2.31. The molecule has 0 aromatic rings.